The van der Waals surface area contributed by atoms with Crippen LogP contribution in [0.15, 0.2) is 36.5 Å². The molecule has 3 aromatic rings. The summed E-state index contributed by atoms with van der Waals surface area (Å²) in [5.74, 6) is 0. The predicted octanol–water partition coefficient (Wildman–Crippen LogP) is 3.46. The van der Waals surface area contributed by atoms with Gasteiger partial charge in [-0.25, -0.2) is 0 Å². The van der Waals surface area contributed by atoms with Gasteiger partial charge >= 0.3 is 0 Å². The topological polar surface area (TPSA) is 32.8 Å². The Morgan fingerprint density at radius 2 is 1.95 bits per heavy atom. The summed E-state index contributed by atoms with van der Waals surface area (Å²) in [4.78, 5) is 3.34. The van der Waals surface area contributed by atoms with Crippen LogP contribution < -0.4 is 5.32 Å². The lowest BCUT2D eigenvalue weighted by Crippen LogP contribution is -2.17. The van der Waals surface area contributed by atoms with Gasteiger partial charge in [0.25, 0.3) is 0 Å². The molecule has 0 aliphatic rings. The van der Waals surface area contributed by atoms with Gasteiger partial charge in [0.2, 0.25) is 0 Å². The van der Waals surface area contributed by atoms with Crippen LogP contribution in [0.1, 0.15) is 22.5 Å². The summed E-state index contributed by atoms with van der Waals surface area (Å²) in [6.45, 7) is 6.28. The van der Waals surface area contributed by atoms with E-state index in [0.29, 0.717) is 0 Å². The molecule has 0 amide bonds. The van der Waals surface area contributed by atoms with E-state index >= 15 is 0 Å². The van der Waals surface area contributed by atoms with Crippen molar-refractivity contribution in [3.05, 3.63) is 59.0 Å². The first-order chi connectivity index (χ1) is 10.2. The molecule has 0 spiro atoms. The molecular formula is C18H23N3. The van der Waals surface area contributed by atoms with Crippen LogP contribution in [-0.2, 0) is 20.0 Å². The standard InChI is InChI=1S/C18H23N3/c1-13-10-16(14(2)21(13)3)11-19-9-8-15-12-20-18-7-5-4-6-17(15)18/h4-7,10,12,19-20H,8-9,11H2,1-3H3. The molecule has 3 rings (SSSR count). The Bertz CT molecular complexity index is 749. The van der Waals surface area contributed by atoms with Gasteiger partial charge in [0.05, 0.1) is 0 Å². The summed E-state index contributed by atoms with van der Waals surface area (Å²) >= 11 is 0. The van der Waals surface area contributed by atoms with Gasteiger partial charge in [-0.3, -0.25) is 0 Å². The highest BCUT2D eigenvalue weighted by Gasteiger charge is 2.06. The number of nitrogens with one attached hydrogen (secondary N) is 2. The van der Waals surface area contributed by atoms with Crippen LogP contribution in [0.2, 0.25) is 0 Å². The quantitative estimate of drug-likeness (QED) is 0.690. The Hall–Kier alpha value is -2.00. The van der Waals surface area contributed by atoms with E-state index in [1.165, 1.54) is 33.4 Å². The first-order valence-electron chi connectivity index (χ1n) is 7.54. The second-order valence-corrected chi connectivity index (χ2v) is 5.74. The van der Waals surface area contributed by atoms with Gasteiger partial charge < -0.3 is 14.9 Å². The van der Waals surface area contributed by atoms with E-state index in [0.717, 1.165) is 19.5 Å². The number of aromatic nitrogens is 2. The van der Waals surface area contributed by atoms with Crippen molar-refractivity contribution < 1.29 is 0 Å². The highest BCUT2D eigenvalue weighted by atomic mass is 15.0. The smallest absolute Gasteiger partial charge is 0.0456 e. The van der Waals surface area contributed by atoms with Crippen molar-refractivity contribution in [3.8, 4) is 0 Å². The summed E-state index contributed by atoms with van der Waals surface area (Å²) in [6, 6.07) is 10.8. The van der Waals surface area contributed by atoms with Gasteiger partial charge in [0.15, 0.2) is 0 Å². The number of hydrogen-bond donors (Lipinski definition) is 2. The Kier molecular flexibility index (Phi) is 3.84. The van der Waals surface area contributed by atoms with E-state index in [1.807, 2.05) is 0 Å². The molecule has 3 nitrogen and oxygen atoms in total. The van der Waals surface area contributed by atoms with Gasteiger partial charge in [-0.15, -0.1) is 0 Å². The molecule has 0 atom stereocenters. The van der Waals surface area contributed by atoms with E-state index in [-0.39, 0.29) is 0 Å². The largest absolute Gasteiger partial charge is 0.361 e. The van der Waals surface area contributed by atoms with Crippen molar-refractivity contribution >= 4 is 10.9 Å². The molecule has 1 aromatic carbocycles. The highest BCUT2D eigenvalue weighted by Crippen LogP contribution is 2.18. The van der Waals surface area contributed by atoms with Crippen LogP contribution in [0.25, 0.3) is 10.9 Å². The Labute approximate surface area is 126 Å². The molecule has 0 bridgehead atoms. The molecule has 21 heavy (non-hydrogen) atoms. The first-order valence-corrected chi connectivity index (χ1v) is 7.54. The van der Waals surface area contributed by atoms with Crippen LogP contribution in [0.4, 0.5) is 0 Å². The molecule has 0 fully saturated rings. The van der Waals surface area contributed by atoms with Crippen molar-refractivity contribution in [2.45, 2.75) is 26.8 Å². The average molecular weight is 281 g/mol. The molecular weight excluding hydrogens is 258 g/mol. The fraction of sp³-hybridized carbons (Fsp3) is 0.333. The summed E-state index contributed by atoms with van der Waals surface area (Å²) in [5.41, 5.74) is 6.68. The average Bonchev–Trinajstić information content (AvgIpc) is 3.01. The number of rotatable bonds is 5. The zero-order valence-corrected chi connectivity index (χ0v) is 13.0. The number of para-hydroxylation sites is 1. The number of benzene rings is 1. The number of aromatic amines is 1. The van der Waals surface area contributed by atoms with Crippen molar-refractivity contribution in [2.24, 2.45) is 7.05 Å². The fourth-order valence-electron chi connectivity index (χ4n) is 2.90. The van der Waals surface area contributed by atoms with Crippen LogP contribution in [0.3, 0.4) is 0 Å². The lowest BCUT2D eigenvalue weighted by molar-refractivity contribution is 0.683. The molecule has 0 saturated heterocycles. The molecule has 3 heteroatoms. The van der Waals surface area contributed by atoms with E-state index < -0.39 is 0 Å². The minimum atomic E-state index is 0.940. The summed E-state index contributed by atoms with van der Waals surface area (Å²) < 4.78 is 2.25. The molecule has 0 unspecified atom stereocenters. The summed E-state index contributed by atoms with van der Waals surface area (Å²) in [6.07, 6.45) is 3.18. The number of nitrogens with zero attached hydrogens (tertiary/aromatic N) is 1. The van der Waals surface area contributed by atoms with Gasteiger partial charge in [0.1, 0.15) is 0 Å². The highest BCUT2D eigenvalue weighted by molar-refractivity contribution is 5.83. The third-order valence-electron chi connectivity index (χ3n) is 4.44. The van der Waals surface area contributed by atoms with E-state index in [2.05, 4.69) is 72.3 Å². The van der Waals surface area contributed by atoms with Crippen LogP contribution >= 0.6 is 0 Å². The van der Waals surface area contributed by atoms with Gasteiger partial charge in [0, 0.05) is 42.1 Å². The monoisotopic (exact) mass is 281 g/mol. The normalized spacial score (nSPS) is 11.4. The lowest BCUT2D eigenvalue weighted by atomic mass is 10.1. The van der Waals surface area contributed by atoms with E-state index in [4.69, 9.17) is 0 Å². The molecule has 2 N–H and O–H groups in total. The maximum absolute atomic E-state index is 3.56. The van der Waals surface area contributed by atoms with Crippen molar-refractivity contribution in [3.63, 3.8) is 0 Å². The van der Waals surface area contributed by atoms with Crippen molar-refractivity contribution in [1.29, 1.82) is 0 Å². The first kappa shape index (κ1) is 14.0. The molecule has 2 heterocycles. The van der Waals surface area contributed by atoms with Gasteiger partial charge in [-0.2, -0.15) is 0 Å². The second-order valence-electron chi connectivity index (χ2n) is 5.74. The minimum Gasteiger partial charge on any atom is -0.361 e. The van der Waals surface area contributed by atoms with E-state index in [9.17, 15) is 0 Å². The SMILES string of the molecule is Cc1cc(CNCCc2c[nH]c3ccccc23)c(C)n1C. The van der Waals surface area contributed by atoms with E-state index in [1.54, 1.807) is 0 Å². The van der Waals surface area contributed by atoms with Gasteiger partial charge in [-0.05, 0) is 50.1 Å². The zero-order valence-electron chi connectivity index (χ0n) is 13.0. The predicted molar refractivity (Wildman–Crippen MR) is 88.6 cm³/mol. The van der Waals surface area contributed by atoms with Crippen molar-refractivity contribution in [2.75, 3.05) is 6.54 Å². The number of aryl methyl sites for hydroxylation is 1. The zero-order chi connectivity index (χ0) is 14.8. The Balaban J connectivity index is 1.58. The molecule has 0 radical (unpaired) electrons. The molecule has 0 aliphatic heterocycles. The molecule has 2 aromatic heterocycles. The number of H-pyrrole nitrogens is 1. The lowest BCUT2D eigenvalue weighted by Gasteiger charge is -2.05. The molecule has 110 valence electrons. The van der Waals surface area contributed by atoms with Crippen LogP contribution in [0.5, 0.6) is 0 Å². The fourth-order valence-corrected chi connectivity index (χ4v) is 2.90. The second kappa shape index (κ2) is 5.78. The maximum atomic E-state index is 3.56. The number of hydrogen-bond acceptors (Lipinski definition) is 1. The summed E-state index contributed by atoms with van der Waals surface area (Å²) in [5, 5.41) is 4.90. The van der Waals surface area contributed by atoms with Gasteiger partial charge in [-0.1, -0.05) is 18.2 Å². The third-order valence-corrected chi connectivity index (χ3v) is 4.44. The van der Waals surface area contributed by atoms with Crippen LogP contribution in [0, 0.1) is 13.8 Å². The maximum Gasteiger partial charge on any atom is 0.0456 e. The minimum absolute atomic E-state index is 0.940. The Morgan fingerprint density at radius 3 is 2.71 bits per heavy atom. The Morgan fingerprint density at radius 1 is 1.14 bits per heavy atom. The number of fused-ring (bicyclic) bond motifs is 1. The van der Waals surface area contributed by atoms with Crippen LogP contribution in [-0.4, -0.2) is 16.1 Å². The molecule has 0 aliphatic carbocycles. The van der Waals surface area contributed by atoms with Crippen molar-refractivity contribution in [1.82, 2.24) is 14.9 Å². The molecule has 0 saturated carbocycles. The third kappa shape index (κ3) is 2.74. The summed E-state index contributed by atoms with van der Waals surface area (Å²) in [7, 11) is 2.13.